The summed E-state index contributed by atoms with van der Waals surface area (Å²) in [6.07, 6.45) is -4.64. The van der Waals surface area contributed by atoms with E-state index in [1.54, 1.807) is 7.05 Å². The molecule has 0 aliphatic carbocycles. The van der Waals surface area contributed by atoms with Gasteiger partial charge >= 0.3 is 18.1 Å². The zero-order valence-electron chi connectivity index (χ0n) is 11.6. The Hall–Kier alpha value is -2.29. The average Bonchev–Trinajstić information content (AvgIpc) is 2.44. The van der Waals surface area contributed by atoms with Crippen LogP contribution in [0.1, 0.15) is 6.42 Å². The molecule has 0 aliphatic heterocycles. The predicted octanol–water partition coefficient (Wildman–Crippen LogP) is 1.76. The predicted molar refractivity (Wildman–Crippen MR) is 70.7 cm³/mol. The zero-order valence-corrected chi connectivity index (χ0v) is 11.6. The third kappa shape index (κ3) is 8.80. The summed E-state index contributed by atoms with van der Waals surface area (Å²) in [4.78, 5) is 19.6. The minimum atomic E-state index is -5.08. The summed E-state index contributed by atoms with van der Waals surface area (Å²) in [7, 11) is 1.63. The number of benzene rings is 1. The van der Waals surface area contributed by atoms with E-state index < -0.39 is 24.2 Å². The highest BCUT2D eigenvalue weighted by molar-refractivity contribution is 5.73. The van der Waals surface area contributed by atoms with E-state index in [1.165, 1.54) is 0 Å². The quantitative estimate of drug-likeness (QED) is 0.738. The van der Waals surface area contributed by atoms with Gasteiger partial charge in [0.25, 0.3) is 0 Å². The molecule has 6 nitrogen and oxygen atoms in total. The number of likely N-dealkylation sites (N-methyl/N-ethyl adjacent to an activating group) is 1. The van der Waals surface area contributed by atoms with Crippen LogP contribution in [0.5, 0.6) is 5.75 Å². The molecule has 0 saturated heterocycles. The van der Waals surface area contributed by atoms with Crippen LogP contribution in [-0.4, -0.2) is 48.0 Å². The zero-order chi connectivity index (χ0) is 17.2. The van der Waals surface area contributed by atoms with Crippen molar-refractivity contribution in [1.82, 2.24) is 5.32 Å². The monoisotopic (exact) mass is 323 g/mol. The molecule has 0 bridgehead atoms. The maximum absolute atomic E-state index is 10.7. The summed E-state index contributed by atoms with van der Waals surface area (Å²) in [5, 5.41) is 18.6. The first-order chi connectivity index (χ1) is 10.2. The van der Waals surface area contributed by atoms with Crippen molar-refractivity contribution in [2.75, 3.05) is 13.7 Å². The number of halogens is 3. The van der Waals surface area contributed by atoms with Crippen LogP contribution in [-0.2, 0) is 9.59 Å². The van der Waals surface area contributed by atoms with Gasteiger partial charge < -0.3 is 20.3 Å². The molecular weight excluding hydrogens is 307 g/mol. The van der Waals surface area contributed by atoms with Crippen molar-refractivity contribution in [3.63, 3.8) is 0 Å². The summed E-state index contributed by atoms with van der Waals surface area (Å²) in [6, 6.07) is 8.79. The largest absolute Gasteiger partial charge is 0.494 e. The molecule has 0 spiro atoms. The van der Waals surface area contributed by atoms with Gasteiger partial charge in [-0.1, -0.05) is 18.2 Å². The van der Waals surface area contributed by atoms with Crippen LogP contribution in [0.3, 0.4) is 0 Å². The van der Waals surface area contributed by atoms with Crippen molar-refractivity contribution >= 4 is 11.9 Å². The number of ether oxygens (including phenoxy) is 1. The van der Waals surface area contributed by atoms with Crippen LogP contribution < -0.4 is 10.1 Å². The molecule has 9 heteroatoms. The molecule has 0 radical (unpaired) electrons. The summed E-state index contributed by atoms with van der Waals surface area (Å²) in [5.74, 6) is -2.85. The standard InChI is InChI=1S/C11H15NO3.C2HF3O2/c1-12-10(11(13)14)7-8-15-9-5-3-2-4-6-9;3-2(4,5)1(6)7/h2-6,10,12H,7-8H2,1H3,(H,13,14);(H,6,7). The van der Waals surface area contributed by atoms with Gasteiger partial charge in [-0.3, -0.25) is 4.79 Å². The highest BCUT2D eigenvalue weighted by atomic mass is 19.4. The van der Waals surface area contributed by atoms with Gasteiger partial charge in [0.2, 0.25) is 0 Å². The van der Waals surface area contributed by atoms with Crippen LogP contribution in [0.4, 0.5) is 13.2 Å². The molecule has 0 fully saturated rings. The topological polar surface area (TPSA) is 95.9 Å². The molecule has 3 N–H and O–H groups in total. The summed E-state index contributed by atoms with van der Waals surface area (Å²) in [6.45, 7) is 0.391. The lowest BCUT2D eigenvalue weighted by molar-refractivity contribution is -0.192. The van der Waals surface area contributed by atoms with Crippen molar-refractivity contribution in [1.29, 1.82) is 0 Å². The average molecular weight is 323 g/mol. The molecule has 1 rings (SSSR count). The molecule has 1 aromatic rings. The van der Waals surface area contributed by atoms with Crippen LogP contribution in [0, 0.1) is 0 Å². The van der Waals surface area contributed by atoms with E-state index in [0.29, 0.717) is 13.0 Å². The van der Waals surface area contributed by atoms with E-state index in [4.69, 9.17) is 19.7 Å². The van der Waals surface area contributed by atoms with Crippen molar-refractivity contribution < 1.29 is 37.7 Å². The number of nitrogens with one attached hydrogen (secondary N) is 1. The van der Waals surface area contributed by atoms with E-state index in [-0.39, 0.29) is 0 Å². The first-order valence-electron chi connectivity index (χ1n) is 6.06. The third-order valence-electron chi connectivity index (χ3n) is 2.31. The van der Waals surface area contributed by atoms with Crippen molar-refractivity contribution in [2.45, 2.75) is 18.6 Å². The van der Waals surface area contributed by atoms with E-state index in [0.717, 1.165) is 5.75 Å². The minimum Gasteiger partial charge on any atom is -0.494 e. The Balaban J connectivity index is 0.000000534. The number of hydrogen-bond acceptors (Lipinski definition) is 4. The lowest BCUT2D eigenvalue weighted by Gasteiger charge is -2.11. The molecule has 0 aromatic heterocycles. The lowest BCUT2D eigenvalue weighted by Crippen LogP contribution is -2.35. The Kier molecular flexibility index (Phi) is 8.61. The smallest absolute Gasteiger partial charge is 0.490 e. The first-order valence-corrected chi connectivity index (χ1v) is 6.06. The van der Waals surface area contributed by atoms with Crippen LogP contribution >= 0.6 is 0 Å². The minimum absolute atomic E-state index is 0.391. The van der Waals surface area contributed by atoms with Crippen LogP contribution in [0.15, 0.2) is 30.3 Å². The van der Waals surface area contributed by atoms with Crippen molar-refractivity contribution in [2.24, 2.45) is 0 Å². The van der Waals surface area contributed by atoms with Gasteiger partial charge in [0.1, 0.15) is 11.8 Å². The van der Waals surface area contributed by atoms with E-state index >= 15 is 0 Å². The molecular formula is C13H16F3NO5. The number of rotatable bonds is 6. The fourth-order valence-electron chi connectivity index (χ4n) is 1.20. The fourth-order valence-corrected chi connectivity index (χ4v) is 1.20. The number of carboxylic acid groups (broad SMARTS) is 2. The van der Waals surface area contributed by atoms with E-state index in [1.807, 2.05) is 30.3 Å². The number of aliphatic carboxylic acids is 2. The Morgan fingerprint density at radius 3 is 2.09 bits per heavy atom. The van der Waals surface area contributed by atoms with Crippen molar-refractivity contribution in [3.8, 4) is 5.75 Å². The second-order valence-corrected chi connectivity index (χ2v) is 3.93. The summed E-state index contributed by atoms with van der Waals surface area (Å²) < 4.78 is 37.1. The van der Waals surface area contributed by atoms with Gasteiger partial charge in [0.05, 0.1) is 6.61 Å². The number of hydrogen-bond donors (Lipinski definition) is 3. The van der Waals surface area contributed by atoms with Crippen LogP contribution in [0.2, 0.25) is 0 Å². The van der Waals surface area contributed by atoms with Gasteiger partial charge in [-0.15, -0.1) is 0 Å². The number of carbonyl (C=O) groups is 2. The lowest BCUT2D eigenvalue weighted by atomic mass is 10.2. The fraction of sp³-hybridized carbons (Fsp3) is 0.385. The number of alkyl halides is 3. The maximum Gasteiger partial charge on any atom is 0.490 e. The highest BCUT2D eigenvalue weighted by Gasteiger charge is 2.38. The first kappa shape index (κ1) is 19.7. The molecule has 0 heterocycles. The molecule has 1 atom stereocenters. The molecule has 124 valence electrons. The van der Waals surface area contributed by atoms with Crippen molar-refractivity contribution in [3.05, 3.63) is 30.3 Å². The highest BCUT2D eigenvalue weighted by Crippen LogP contribution is 2.13. The summed E-state index contributed by atoms with van der Waals surface area (Å²) in [5.41, 5.74) is 0. The summed E-state index contributed by atoms with van der Waals surface area (Å²) >= 11 is 0. The van der Waals surface area contributed by atoms with Gasteiger partial charge in [0.15, 0.2) is 0 Å². The molecule has 0 saturated carbocycles. The van der Waals surface area contributed by atoms with Crippen LogP contribution in [0.25, 0.3) is 0 Å². The Morgan fingerprint density at radius 1 is 1.23 bits per heavy atom. The molecule has 1 unspecified atom stereocenters. The molecule has 1 aromatic carbocycles. The van der Waals surface area contributed by atoms with Gasteiger partial charge in [-0.05, 0) is 19.2 Å². The third-order valence-corrected chi connectivity index (χ3v) is 2.31. The second kappa shape index (κ2) is 9.61. The Labute approximate surface area is 124 Å². The van der Waals surface area contributed by atoms with Gasteiger partial charge in [-0.2, -0.15) is 13.2 Å². The van der Waals surface area contributed by atoms with E-state index in [2.05, 4.69) is 5.32 Å². The number of para-hydroxylation sites is 1. The Bertz CT molecular complexity index is 464. The van der Waals surface area contributed by atoms with E-state index in [9.17, 15) is 18.0 Å². The normalized spacial score (nSPS) is 11.8. The Morgan fingerprint density at radius 2 is 1.73 bits per heavy atom. The van der Waals surface area contributed by atoms with Gasteiger partial charge in [-0.25, -0.2) is 4.79 Å². The molecule has 0 aliphatic rings. The number of carboxylic acids is 2. The molecule has 0 amide bonds. The van der Waals surface area contributed by atoms with Gasteiger partial charge in [0, 0.05) is 6.42 Å². The maximum atomic E-state index is 10.7. The molecule has 22 heavy (non-hydrogen) atoms. The SMILES string of the molecule is CNC(CCOc1ccccc1)C(=O)O.O=C(O)C(F)(F)F. The second-order valence-electron chi connectivity index (χ2n) is 3.93.